The predicted molar refractivity (Wildman–Crippen MR) is 130 cm³/mol. The molecule has 0 fully saturated rings. The Morgan fingerprint density at radius 1 is 1.14 bits per heavy atom. The number of nitrogens with zero attached hydrogens (tertiary/aromatic N) is 2. The molecule has 1 aromatic rings. The Balaban J connectivity index is 0.00000784. The summed E-state index contributed by atoms with van der Waals surface area (Å²) < 4.78 is 11.3. The zero-order chi connectivity index (χ0) is 20.9. The van der Waals surface area contributed by atoms with Gasteiger partial charge in [0.05, 0.1) is 13.2 Å². The van der Waals surface area contributed by atoms with Crippen molar-refractivity contribution in [3.8, 4) is 11.5 Å². The van der Waals surface area contributed by atoms with Crippen molar-refractivity contribution in [2.75, 3.05) is 46.9 Å². The van der Waals surface area contributed by atoms with Crippen molar-refractivity contribution in [2.45, 2.75) is 27.2 Å². The van der Waals surface area contributed by atoms with Crippen LogP contribution < -0.4 is 20.1 Å². The maximum atomic E-state index is 11.8. The van der Waals surface area contributed by atoms with E-state index in [0.29, 0.717) is 32.3 Å². The Morgan fingerprint density at radius 3 is 2.38 bits per heavy atom. The van der Waals surface area contributed by atoms with Gasteiger partial charge in [-0.25, -0.2) is 4.99 Å². The minimum atomic E-state index is -0.0516. The van der Waals surface area contributed by atoms with E-state index < -0.39 is 0 Å². The average molecular weight is 518 g/mol. The lowest BCUT2D eigenvalue weighted by atomic mass is 10.1. The third kappa shape index (κ3) is 11.0. The first-order valence-corrected chi connectivity index (χ1v) is 9.62. The molecule has 0 atom stereocenters. The predicted octanol–water partition coefficient (Wildman–Crippen LogP) is 2.84. The Labute approximate surface area is 192 Å². The van der Waals surface area contributed by atoms with Gasteiger partial charge in [-0.15, -0.1) is 24.0 Å². The number of hydrogen-bond donors (Lipinski definition) is 2. The number of ether oxygens (including phenoxy) is 2. The highest BCUT2D eigenvalue weighted by Gasteiger charge is 2.07. The van der Waals surface area contributed by atoms with Crippen LogP contribution in [-0.2, 0) is 11.2 Å². The molecule has 0 aromatic heterocycles. The van der Waals surface area contributed by atoms with Crippen molar-refractivity contribution in [3.05, 3.63) is 35.9 Å². The van der Waals surface area contributed by atoms with Gasteiger partial charge in [-0.2, -0.15) is 0 Å². The smallest absolute Gasteiger partial charge is 0.243 e. The minimum absolute atomic E-state index is 0. The number of hydrogen-bond acceptors (Lipinski definition) is 4. The molecule has 7 nitrogen and oxygen atoms in total. The Kier molecular flexibility index (Phi) is 13.9. The summed E-state index contributed by atoms with van der Waals surface area (Å²) in [6.07, 6.45) is 0.780. The van der Waals surface area contributed by atoms with Crippen LogP contribution in [0.15, 0.2) is 35.3 Å². The quantitative estimate of drug-likeness (QED) is 0.204. The second-order valence-corrected chi connectivity index (χ2v) is 6.59. The third-order valence-electron chi connectivity index (χ3n) is 3.74. The second kappa shape index (κ2) is 14.9. The van der Waals surface area contributed by atoms with Gasteiger partial charge in [0.25, 0.3) is 0 Å². The summed E-state index contributed by atoms with van der Waals surface area (Å²) >= 11 is 0. The van der Waals surface area contributed by atoms with Crippen molar-refractivity contribution in [1.82, 2.24) is 15.5 Å². The molecule has 0 heterocycles. The lowest BCUT2D eigenvalue weighted by molar-refractivity contribution is -0.127. The van der Waals surface area contributed by atoms with E-state index >= 15 is 0 Å². The molecule has 0 aliphatic carbocycles. The van der Waals surface area contributed by atoms with Crippen molar-refractivity contribution < 1.29 is 14.3 Å². The van der Waals surface area contributed by atoms with Crippen LogP contribution in [-0.4, -0.2) is 63.7 Å². The molecule has 1 aromatic carbocycles. The largest absolute Gasteiger partial charge is 0.490 e. The van der Waals surface area contributed by atoms with Gasteiger partial charge in [0.2, 0.25) is 5.91 Å². The lowest BCUT2D eigenvalue weighted by Gasteiger charge is -2.15. The zero-order valence-corrected chi connectivity index (χ0v) is 20.5. The molecule has 0 unspecified atom stereocenters. The van der Waals surface area contributed by atoms with E-state index in [4.69, 9.17) is 9.47 Å². The maximum Gasteiger partial charge on any atom is 0.243 e. The number of benzene rings is 1. The molecule has 0 saturated carbocycles. The Hall–Kier alpha value is -1.97. The summed E-state index contributed by atoms with van der Waals surface area (Å²) in [5.41, 5.74) is 2.12. The van der Waals surface area contributed by atoms with Crippen LogP contribution in [0.3, 0.4) is 0 Å². The number of amides is 1. The Bertz CT molecular complexity index is 678. The maximum absolute atomic E-state index is 11.8. The number of carbonyl (C=O) groups excluding carboxylic acids is 1. The van der Waals surface area contributed by atoms with Crippen LogP contribution in [0.5, 0.6) is 11.5 Å². The molecule has 0 aliphatic rings. The highest BCUT2D eigenvalue weighted by Crippen LogP contribution is 2.28. The van der Waals surface area contributed by atoms with E-state index in [1.54, 1.807) is 14.1 Å². The second-order valence-electron chi connectivity index (χ2n) is 6.59. The monoisotopic (exact) mass is 518 g/mol. The molecule has 29 heavy (non-hydrogen) atoms. The summed E-state index contributed by atoms with van der Waals surface area (Å²) in [6.45, 7) is 12.3. The number of rotatable bonds is 11. The molecule has 2 N–H and O–H groups in total. The number of carbonyl (C=O) groups is 1. The van der Waals surface area contributed by atoms with Crippen molar-refractivity contribution in [2.24, 2.45) is 4.99 Å². The molecule has 1 amide bonds. The van der Waals surface area contributed by atoms with Gasteiger partial charge < -0.3 is 25.0 Å². The van der Waals surface area contributed by atoms with Crippen LogP contribution >= 0.6 is 24.0 Å². The van der Waals surface area contributed by atoms with Gasteiger partial charge in [-0.05, 0) is 44.9 Å². The molecule has 1 rings (SSSR count). The van der Waals surface area contributed by atoms with Crippen molar-refractivity contribution in [1.29, 1.82) is 0 Å². The molecule has 0 bridgehead atoms. The normalized spacial score (nSPS) is 10.6. The van der Waals surface area contributed by atoms with Crippen LogP contribution in [0, 0.1) is 0 Å². The first-order valence-electron chi connectivity index (χ1n) is 9.62. The SMILES string of the molecule is C=C(C)CNC(=NCC(=O)N(C)C)NCCc1ccc(OCC)c(OCC)c1.I. The van der Waals surface area contributed by atoms with E-state index in [-0.39, 0.29) is 36.4 Å². The van der Waals surface area contributed by atoms with Crippen molar-refractivity contribution in [3.63, 3.8) is 0 Å². The lowest BCUT2D eigenvalue weighted by Crippen LogP contribution is -2.40. The van der Waals surface area contributed by atoms with Gasteiger partial charge >= 0.3 is 0 Å². The fraction of sp³-hybridized carbons (Fsp3) is 0.524. The Morgan fingerprint density at radius 2 is 1.79 bits per heavy atom. The summed E-state index contributed by atoms with van der Waals surface area (Å²) in [5, 5.41) is 6.45. The van der Waals surface area contributed by atoms with E-state index in [0.717, 1.165) is 29.1 Å². The molecule has 0 saturated heterocycles. The topological polar surface area (TPSA) is 75.2 Å². The fourth-order valence-electron chi connectivity index (χ4n) is 2.27. The molecule has 8 heteroatoms. The van der Waals surface area contributed by atoms with Crippen LogP contribution in [0.1, 0.15) is 26.3 Å². The molecule has 0 aliphatic heterocycles. The number of likely N-dealkylation sites (N-methyl/N-ethyl adjacent to an activating group) is 1. The van der Waals surface area contributed by atoms with Crippen LogP contribution in [0.2, 0.25) is 0 Å². The summed E-state index contributed by atoms with van der Waals surface area (Å²) in [4.78, 5) is 17.7. The molecule has 164 valence electrons. The van der Waals surface area contributed by atoms with E-state index in [1.165, 1.54) is 4.90 Å². The number of halogens is 1. The molecular weight excluding hydrogens is 483 g/mol. The number of nitrogens with one attached hydrogen (secondary N) is 2. The summed E-state index contributed by atoms with van der Waals surface area (Å²) in [5.74, 6) is 2.06. The first kappa shape index (κ1) is 27.0. The fourth-order valence-corrected chi connectivity index (χ4v) is 2.27. The van der Waals surface area contributed by atoms with Gasteiger partial charge in [0.15, 0.2) is 17.5 Å². The van der Waals surface area contributed by atoms with Gasteiger partial charge in [0.1, 0.15) is 6.54 Å². The first-order chi connectivity index (χ1) is 13.4. The minimum Gasteiger partial charge on any atom is -0.490 e. The highest BCUT2D eigenvalue weighted by atomic mass is 127. The summed E-state index contributed by atoms with van der Waals surface area (Å²) in [7, 11) is 3.43. The zero-order valence-electron chi connectivity index (χ0n) is 18.2. The van der Waals surface area contributed by atoms with E-state index in [1.807, 2.05) is 39.0 Å². The molecule has 0 spiro atoms. The standard InChI is InChI=1S/C21H34N4O3.HI/c1-7-27-18-10-9-17(13-19(18)28-8-2)11-12-22-21(23-14-16(3)4)24-15-20(26)25(5)6;/h9-10,13H,3,7-8,11-12,14-15H2,1-2,4-6H3,(H2,22,23,24);1H. The molecular formula is C21H35IN4O3. The molecule has 0 radical (unpaired) electrons. The number of guanidine groups is 1. The third-order valence-corrected chi connectivity index (χ3v) is 3.74. The van der Waals surface area contributed by atoms with Crippen LogP contribution in [0.4, 0.5) is 0 Å². The van der Waals surface area contributed by atoms with E-state index in [9.17, 15) is 4.79 Å². The van der Waals surface area contributed by atoms with Crippen molar-refractivity contribution >= 4 is 35.8 Å². The van der Waals surface area contributed by atoms with Crippen LogP contribution in [0.25, 0.3) is 0 Å². The highest BCUT2D eigenvalue weighted by molar-refractivity contribution is 14.0. The van der Waals surface area contributed by atoms with E-state index in [2.05, 4.69) is 22.2 Å². The van der Waals surface area contributed by atoms with Gasteiger partial charge in [-0.3, -0.25) is 4.79 Å². The summed E-state index contributed by atoms with van der Waals surface area (Å²) in [6, 6.07) is 5.97. The average Bonchev–Trinajstić information content (AvgIpc) is 2.65. The van der Waals surface area contributed by atoms with Gasteiger partial charge in [0, 0.05) is 27.2 Å². The number of aliphatic imine (C=N–C) groups is 1. The van der Waals surface area contributed by atoms with Gasteiger partial charge in [-0.1, -0.05) is 18.2 Å².